The van der Waals surface area contributed by atoms with Crippen LogP contribution in [0, 0.1) is 0 Å². The van der Waals surface area contributed by atoms with Gasteiger partial charge in [-0.05, 0) is 26.1 Å². The Morgan fingerprint density at radius 1 is 1.44 bits per heavy atom. The number of nitrogens with zero attached hydrogens (tertiary/aromatic N) is 1. The van der Waals surface area contributed by atoms with Crippen LogP contribution in [0.3, 0.4) is 0 Å². The summed E-state index contributed by atoms with van der Waals surface area (Å²) in [6.45, 7) is 1.98. The zero-order valence-corrected chi connectivity index (χ0v) is 11.8. The fourth-order valence-electron chi connectivity index (χ4n) is 1.32. The van der Waals surface area contributed by atoms with Gasteiger partial charge in [-0.1, -0.05) is 29.3 Å². The Labute approximate surface area is 116 Å². The molecule has 0 radical (unpaired) electrons. The largest absolute Gasteiger partial charge is 0.395 e. The predicted molar refractivity (Wildman–Crippen MR) is 74.3 cm³/mol. The molecular formula is C12H16Cl2N2O2. The third-order valence-corrected chi connectivity index (χ3v) is 3.27. The summed E-state index contributed by atoms with van der Waals surface area (Å²) in [5.41, 5.74) is 0.413. The minimum atomic E-state index is -0.229. The third-order valence-electron chi connectivity index (χ3n) is 2.64. The Morgan fingerprint density at radius 2 is 2.00 bits per heavy atom. The van der Waals surface area contributed by atoms with Crippen LogP contribution in [0.5, 0.6) is 0 Å². The molecule has 1 atom stereocenters. The summed E-state index contributed by atoms with van der Waals surface area (Å²) in [6, 6.07) is 4.93. The van der Waals surface area contributed by atoms with Crippen molar-refractivity contribution in [1.29, 1.82) is 0 Å². The molecule has 0 saturated carbocycles. The van der Waals surface area contributed by atoms with Crippen molar-refractivity contribution in [2.24, 2.45) is 0 Å². The number of nitrogens with one attached hydrogen (secondary N) is 1. The van der Waals surface area contributed by atoms with Crippen LogP contribution in [0.4, 0.5) is 5.69 Å². The number of carbonyl (C=O) groups excluding carboxylic acids is 1. The maximum absolute atomic E-state index is 11.8. The van der Waals surface area contributed by atoms with Crippen LogP contribution in [0.25, 0.3) is 0 Å². The quantitative estimate of drug-likeness (QED) is 0.875. The number of carbonyl (C=O) groups is 1. The fourth-order valence-corrected chi connectivity index (χ4v) is 1.81. The Kier molecular flexibility index (Phi) is 5.88. The highest BCUT2D eigenvalue weighted by Crippen LogP contribution is 2.29. The summed E-state index contributed by atoms with van der Waals surface area (Å²) in [5, 5.41) is 12.4. The molecule has 0 aliphatic heterocycles. The van der Waals surface area contributed by atoms with Crippen molar-refractivity contribution in [3.63, 3.8) is 0 Å². The van der Waals surface area contributed by atoms with Crippen molar-refractivity contribution in [2.45, 2.75) is 13.0 Å². The SMILES string of the molecule is CC(CO)N(C)CC(=O)Nc1c(Cl)cccc1Cl. The molecule has 0 bridgehead atoms. The molecule has 18 heavy (non-hydrogen) atoms. The minimum absolute atomic E-state index is 0.00334. The van der Waals surface area contributed by atoms with E-state index in [-0.39, 0.29) is 25.1 Å². The Hall–Kier alpha value is -0.810. The molecule has 1 rings (SSSR count). The van der Waals surface area contributed by atoms with Crippen molar-refractivity contribution >= 4 is 34.8 Å². The van der Waals surface area contributed by atoms with Crippen LogP contribution >= 0.6 is 23.2 Å². The average molecular weight is 291 g/mol. The highest BCUT2D eigenvalue weighted by Gasteiger charge is 2.14. The lowest BCUT2D eigenvalue weighted by molar-refractivity contribution is -0.117. The van der Waals surface area contributed by atoms with Gasteiger partial charge in [-0.3, -0.25) is 9.69 Å². The number of benzene rings is 1. The van der Waals surface area contributed by atoms with Gasteiger partial charge in [0.05, 0.1) is 28.9 Å². The topological polar surface area (TPSA) is 52.6 Å². The van der Waals surface area contributed by atoms with Crippen LogP contribution in [-0.4, -0.2) is 42.2 Å². The van der Waals surface area contributed by atoms with Gasteiger partial charge in [-0.25, -0.2) is 0 Å². The summed E-state index contributed by atoms with van der Waals surface area (Å²) in [7, 11) is 1.76. The van der Waals surface area contributed by atoms with Crippen molar-refractivity contribution in [1.82, 2.24) is 4.90 Å². The van der Waals surface area contributed by atoms with Gasteiger partial charge in [-0.2, -0.15) is 0 Å². The van der Waals surface area contributed by atoms with Gasteiger partial charge in [0.15, 0.2) is 0 Å². The van der Waals surface area contributed by atoms with E-state index < -0.39 is 0 Å². The Balaban J connectivity index is 2.65. The molecule has 100 valence electrons. The van der Waals surface area contributed by atoms with Gasteiger partial charge in [0.2, 0.25) is 5.91 Å². The number of hydrogen-bond acceptors (Lipinski definition) is 3. The van der Waals surface area contributed by atoms with Crippen LogP contribution in [0.1, 0.15) is 6.92 Å². The first-order valence-corrected chi connectivity index (χ1v) is 6.26. The molecule has 0 aliphatic carbocycles. The lowest BCUT2D eigenvalue weighted by Gasteiger charge is -2.22. The summed E-state index contributed by atoms with van der Waals surface area (Å²) in [6.07, 6.45) is 0. The van der Waals surface area contributed by atoms with Crippen molar-refractivity contribution in [2.75, 3.05) is 25.5 Å². The first kappa shape index (κ1) is 15.2. The lowest BCUT2D eigenvalue weighted by atomic mass is 10.3. The monoisotopic (exact) mass is 290 g/mol. The van der Waals surface area contributed by atoms with Gasteiger partial charge >= 0.3 is 0 Å². The first-order valence-electron chi connectivity index (χ1n) is 5.50. The van der Waals surface area contributed by atoms with Gasteiger partial charge in [0.25, 0.3) is 0 Å². The molecule has 2 N–H and O–H groups in total. The van der Waals surface area contributed by atoms with E-state index in [1.807, 2.05) is 6.92 Å². The van der Waals surface area contributed by atoms with E-state index in [1.54, 1.807) is 30.1 Å². The number of aliphatic hydroxyl groups excluding tert-OH is 1. The summed E-state index contributed by atoms with van der Waals surface area (Å²) < 4.78 is 0. The van der Waals surface area contributed by atoms with Gasteiger partial charge in [-0.15, -0.1) is 0 Å². The maximum Gasteiger partial charge on any atom is 0.238 e. The van der Waals surface area contributed by atoms with Crippen molar-refractivity contribution < 1.29 is 9.90 Å². The van der Waals surface area contributed by atoms with E-state index in [2.05, 4.69) is 5.32 Å². The summed E-state index contributed by atoms with van der Waals surface area (Å²) >= 11 is 11.9. The molecule has 0 saturated heterocycles. The summed E-state index contributed by atoms with van der Waals surface area (Å²) in [5.74, 6) is -0.229. The van der Waals surface area contributed by atoms with Gasteiger partial charge in [0.1, 0.15) is 0 Å². The highest BCUT2D eigenvalue weighted by molar-refractivity contribution is 6.39. The van der Waals surface area contributed by atoms with Crippen LogP contribution in [0.15, 0.2) is 18.2 Å². The number of para-hydroxylation sites is 1. The highest BCUT2D eigenvalue weighted by atomic mass is 35.5. The van der Waals surface area contributed by atoms with Crippen LogP contribution < -0.4 is 5.32 Å². The molecule has 0 spiro atoms. The molecular weight excluding hydrogens is 275 g/mol. The molecule has 0 fully saturated rings. The van der Waals surface area contributed by atoms with E-state index in [1.165, 1.54) is 0 Å². The minimum Gasteiger partial charge on any atom is -0.395 e. The second kappa shape index (κ2) is 6.95. The second-order valence-electron chi connectivity index (χ2n) is 4.09. The predicted octanol–water partition coefficient (Wildman–Crippen LogP) is 2.24. The van der Waals surface area contributed by atoms with E-state index in [9.17, 15) is 4.79 Å². The number of amides is 1. The number of hydrogen-bond donors (Lipinski definition) is 2. The number of rotatable bonds is 5. The van der Waals surface area contributed by atoms with Crippen LogP contribution in [-0.2, 0) is 4.79 Å². The number of anilines is 1. The molecule has 1 aromatic rings. The zero-order valence-electron chi connectivity index (χ0n) is 10.3. The molecule has 4 nitrogen and oxygen atoms in total. The molecule has 0 aromatic heterocycles. The molecule has 0 aliphatic rings. The third kappa shape index (κ3) is 4.14. The van der Waals surface area contributed by atoms with Gasteiger partial charge in [0, 0.05) is 6.04 Å². The Morgan fingerprint density at radius 3 is 2.50 bits per heavy atom. The summed E-state index contributed by atoms with van der Waals surface area (Å²) in [4.78, 5) is 13.5. The molecule has 0 heterocycles. The maximum atomic E-state index is 11.8. The standard InChI is InChI=1S/C12H16Cl2N2O2/c1-8(7-17)16(2)6-11(18)15-12-9(13)4-3-5-10(12)14/h3-5,8,17H,6-7H2,1-2H3,(H,15,18). The smallest absolute Gasteiger partial charge is 0.238 e. The Bertz CT molecular complexity index is 406. The van der Waals surface area contributed by atoms with E-state index in [4.69, 9.17) is 28.3 Å². The first-order chi connectivity index (χ1) is 8.45. The number of aliphatic hydroxyl groups is 1. The lowest BCUT2D eigenvalue weighted by Crippen LogP contribution is -2.38. The van der Waals surface area contributed by atoms with E-state index in [0.29, 0.717) is 15.7 Å². The normalized spacial score (nSPS) is 12.6. The fraction of sp³-hybridized carbons (Fsp3) is 0.417. The molecule has 1 aromatic carbocycles. The zero-order chi connectivity index (χ0) is 13.7. The molecule has 1 amide bonds. The molecule has 6 heteroatoms. The number of likely N-dealkylation sites (N-methyl/N-ethyl adjacent to an activating group) is 1. The molecule has 1 unspecified atom stereocenters. The van der Waals surface area contributed by atoms with E-state index >= 15 is 0 Å². The second-order valence-corrected chi connectivity index (χ2v) is 4.91. The number of halogens is 2. The van der Waals surface area contributed by atoms with Crippen LogP contribution in [0.2, 0.25) is 10.0 Å². The van der Waals surface area contributed by atoms with Crippen molar-refractivity contribution in [3.8, 4) is 0 Å². The average Bonchev–Trinajstić information content (AvgIpc) is 2.32. The van der Waals surface area contributed by atoms with E-state index in [0.717, 1.165) is 0 Å². The van der Waals surface area contributed by atoms with Gasteiger partial charge < -0.3 is 10.4 Å². The van der Waals surface area contributed by atoms with Crippen molar-refractivity contribution in [3.05, 3.63) is 28.2 Å².